The van der Waals surface area contributed by atoms with Gasteiger partial charge in [-0.1, -0.05) is 38.1 Å². The van der Waals surface area contributed by atoms with E-state index in [-0.39, 0.29) is 17.9 Å². The third kappa shape index (κ3) is 4.87. The Morgan fingerprint density at radius 3 is 2.43 bits per heavy atom. The van der Waals surface area contributed by atoms with Crippen LogP contribution in [0.1, 0.15) is 25.5 Å². The molecule has 1 amide bonds. The van der Waals surface area contributed by atoms with Gasteiger partial charge < -0.3 is 24.6 Å². The molecular weight excluding hydrogens is 378 g/mol. The maximum atomic E-state index is 12.8. The number of anilines is 1. The lowest BCUT2D eigenvalue weighted by Crippen LogP contribution is -3.16. The van der Waals surface area contributed by atoms with E-state index >= 15 is 0 Å². The summed E-state index contributed by atoms with van der Waals surface area (Å²) in [5.41, 5.74) is 2.32. The summed E-state index contributed by atoms with van der Waals surface area (Å²) in [6, 6.07) is 16.4. The molecule has 30 heavy (non-hydrogen) atoms. The minimum absolute atomic E-state index is 0.0432. The van der Waals surface area contributed by atoms with E-state index in [0.717, 1.165) is 43.2 Å². The number of hydrogen-bond donors (Lipinski definition) is 2. The monoisotopic (exact) mass is 410 g/mol. The number of nitrogens with zero attached hydrogens (tertiary/aromatic N) is 1. The third-order valence-electron chi connectivity index (χ3n) is 5.91. The first-order chi connectivity index (χ1) is 14.6. The smallest absolute Gasteiger partial charge is 0.275 e. The number of piperazine rings is 1. The van der Waals surface area contributed by atoms with Crippen LogP contribution in [0.2, 0.25) is 0 Å². The van der Waals surface area contributed by atoms with Gasteiger partial charge in [0.25, 0.3) is 5.91 Å². The molecule has 0 bridgehead atoms. The van der Waals surface area contributed by atoms with Crippen LogP contribution < -0.4 is 24.6 Å². The van der Waals surface area contributed by atoms with Crippen LogP contribution >= 0.6 is 0 Å². The summed E-state index contributed by atoms with van der Waals surface area (Å²) >= 11 is 0. The molecule has 2 heterocycles. The lowest BCUT2D eigenvalue weighted by Gasteiger charge is -2.33. The van der Waals surface area contributed by atoms with Gasteiger partial charge in [0.05, 0.1) is 32.2 Å². The zero-order valence-corrected chi connectivity index (χ0v) is 17.9. The summed E-state index contributed by atoms with van der Waals surface area (Å²) in [5, 5.41) is 3.26. The Labute approximate surface area is 178 Å². The van der Waals surface area contributed by atoms with Crippen LogP contribution in [0.3, 0.4) is 0 Å². The Morgan fingerprint density at radius 1 is 1.03 bits per heavy atom. The highest BCUT2D eigenvalue weighted by molar-refractivity contribution is 5.77. The number of fused-ring (bicyclic) bond motifs is 1. The maximum Gasteiger partial charge on any atom is 0.275 e. The van der Waals surface area contributed by atoms with Crippen LogP contribution in [-0.2, 0) is 4.79 Å². The number of carbonyl (C=O) groups excluding carboxylic acids is 1. The van der Waals surface area contributed by atoms with Gasteiger partial charge in [-0.25, -0.2) is 0 Å². The maximum absolute atomic E-state index is 12.8. The minimum Gasteiger partial charge on any atom is -0.486 e. The molecular formula is C24H32N3O3+. The van der Waals surface area contributed by atoms with Gasteiger partial charge >= 0.3 is 0 Å². The fourth-order valence-corrected chi connectivity index (χ4v) is 4.24. The summed E-state index contributed by atoms with van der Waals surface area (Å²) < 4.78 is 11.3. The molecule has 2 aromatic carbocycles. The van der Waals surface area contributed by atoms with Crippen LogP contribution in [0.25, 0.3) is 0 Å². The standard InChI is InChI=1S/C24H31N3O3/c1-18(2)24(19-8-9-21-22(16-19)30-15-14-29-21)25-23(28)17-26-10-12-27(13-11-26)20-6-4-3-5-7-20/h3-9,16,18,24H,10-15,17H2,1-2H3,(H,25,28)/p+1/t24-/m0/s1. The Morgan fingerprint density at radius 2 is 1.73 bits per heavy atom. The predicted molar refractivity (Wildman–Crippen MR) is 117 cm³/mol. The van der Waals surface area contributed by atoms with Crippen molar-refractivity contribution >= 4 is 11.6 Å². The summed E-state index contributed by atoms with van der Waals surface area (Å²) in [6.07, 6.45) is 0. The van der Waals surface area contributed by atoms with Crippen molar-refractivity contribution in [3.63, 3.8) is 0 Å². The van der Waals surface area contributed by atoms with Crippen molar-refractivity contribution in [1.82, 2.24) is 5.32 Å². The molecule has 1 saturated heterocycles. The number of hydrogen-bond acceptors (Lipinski definition) is 4. The molecule has 6 heteroatoms. The van der Waals surface area contributed by atoms with Gasteiger partial charge in [0.2, 0.25) is 0 Å². The Balaban J connectivity index is 1.33. The van der Waals surface area contributed by atoms with Gasteiger partial charge in [-0.05, 0) is 35.7 Å². The number of rotatable bonds is 6. The second-order valence-electron chi connectivity index (χ2n) is 8.44. The molecule has 0 spiro atoms. The molecule has 0 unspecified atom stereocenters. The Kier molecular flexibility index (Phi) is 6.43. The van der Waals surface area contributed by atoms with E-state index in [1.807, 2.05) is 24.3 Å². The fourth-order valence-electron chi connectivity index (χ4n) is 4.24. The van der Waals surface area contributed by atoms with Gasteiger partial charge in [-0.15, -0.1) is 0 Å². The largest absolute Gasteiger partial charge is 0.486 e. The Bertz CT molecular complexity index is 848. The molecule has 0 aliphatic carbocycles. The van der Waals surface area contributed by atoms with Crippen molar-refractivity contribution in [3.05, 3.63) is 54.1 Å². The van der Waals surface area contributed by atoms with Crippen LogP contribution in [0.15, 0.2) is 48.5 Å². The summed E-state index contributed by atoms with van der Waals surface area (Å²) in [5.74, 6) is 1.93. The molecule has 6 nitrogen and oxygen atoms in total. The fraction of sp³-hybridized carbons (Fsp3) is 0.458. The number of nitrogens with one attached hydrogen (secondary N) is 2. The summed E-state index contributed by atoms with van der Waals surface area (Å²) in [4.78, 5) is 16.6. The van der Waals surface area contributed by atoms with E-state index in [2.05, 4.69) is 48.3 Å². The summed E-state index contributed by atoms with van der Waals surface area (Å²) in [6.45, 7) is 9.81. The first kappa shape index (κ1) is 20.5. The van der Waals surface area contributed by atoms with Crippen molar-refractivity contribution < 1.29 is 19.2 Å². The van der Waals surface area contributed by atoms with Gasteiger partial charge in [-0.3, -0.25) is 4.79 Å². The van der Waals surface area contributed by atoms with E-state index in [0.29, 0.717) is 19.8 Å². The molecule has 0 saturated carbocycles. The molecule has 0 aromatic heterocycles. The van der Waals surface area contributed by atoms with Gasteiger partial charge in [-0.2, -0.15) is 0 Å². The topological polar surface area (TPSA) is 55.2 Å². The Hall–Kier alpha value is -2.73. The first-order valence-electron chi connectivity index (χ1n) is 10.9. The van der Waals surface area contributed by atoms with Crippen molar-refractivity contribution in [2.45, 2.75) is 19.9 Å². The van der Waals surface area contributed by atoms with E-state index < -0.39 is 0 Å². The highest BCUT2D eigenvalue weighted by atomic mass is 16.6. The molecule has 2 aliphatic rings. The quantitative estimate of drug-likeness (QED) is 0.761. The predicted octanol–water partition coefficient (Wildman–Crippen LogP) is 1.68. The molecule has 160 valence electrons. The first-order valence-corrected chi connectivity index (χ1v) is 10.9. The number of para-hydroxylation sites is 1. The van der Waals surface area contributed by atoms with Crippen molar-refractivity contribution in [2.75, 3.05) is 50.8 Å². The molecule has 2 aromatic rings. The van der Waals surface area contributed by atoms with Gasteiger partial charge in [0.1, 0.15) is 13.2 Å². The second kappa shape index (κ2) is 9.39. The van der Waals surface area contributed by atoms with Crippen molar-refractivity contribution in [2.24, 2.45) is 5.92 Å². The number of quaternary nitrogens is 1. The highest BCUT2D eigenvalue weighted by Crippen LogP contribution is 2.34. The average Bonchev–Trinajstić information content (AvgIpc) is 2.78. The lowest BCUT2D eigenvalue weighted by molar-refractivity contribution is -0.892. The van der Waals surface area contributed by atoms with Crippen LogP contribution in [0, 0.1) is 5.92 Å². The zero-order valence-electron chi connectivity index (χ0n) is 17.9. The zero-order chi connectivity index (χ0) is 20.9. The van der Waals surface area contributed by atoms with Crippen LogP contribution in [-0.4, -0.2) is 51.8 Å². The van der Waals surface area contributed by atoms with E-state index in [9.17, 15) is 4.79 Å². The van der Waals surface area contributed by atoms with E-state index in [1.54, 1.807) is 0 Å². The van der Waals surface area contributed by atoms with Crippen molar-refractivity contribution in [3.8, 4) is 11.5 Å². The lowest BCUT2D eigenvalue weighted by atomic mass is 9.95. The van der Waals surface area contributed by atoms with Gasteiger partial charge in [0.15, 0.2) is 18.0 Å². The van der Waals surface area contributed by atoms with E-state index in [4.69, 9.17) is 9.47 Å². The molecule has 2 aliphatic heterocycles. The van der Waals surface area contributed by atoms with Crippen molar-refractivity contribution in [1.29, 1.82) is 0 Å². The average molecular weight is 411 g/mol. The number of amides is 1. The molecule has 1 atom stereocenters. The highest BCUT2D eigenvalue weighted by Gasteiger charge is 2.26. The molecule has 2 N–H and O–H groups in total. The normalized spacial score (nSPS) is 17.6. The molecule has 0 radical (unpaired) electrons. The van der Waals surface area contributed by atoms with E-state index in [1.165, 1.54) is 10.6 Å². The third-order valence-corrected chi connectivity index (χ3v) is 5.91. The second-order valence-corrected chi connectivity index (χ2v) is 8.44. The number of benzene rings is 2. The number of ether oxygens (including phenoxy) is 2. The minimum atomic E-state index is -0.0432. The molecule has 4 rings (SSSR count). The van der Waals surface area contributed by atoms with Crippen LogP contribution in [0.5, 0.6) is 11.5 Å². The number of carbonyl (C=O) groups is 1. The summed E-state index contributed by atoms with van der Waals surface area (Å²) in [7, 11) is 0. The van der Waals surface area contributed by atoms with Crippen LogP contribution in [0.4, 0.5) is 5.69 Å². The SMILES string of the molecule is CC(C)[C@H](NC(=O)C[NH+]1CCN(c2ccccc2)CC1)c1ccc2c(c1)OCCO2. The molecule has 1 fully saturated rings. The van der Waals surface area contributed by atoms with Gasteiger partial charge in [0, 0.05) is 5.69 Å².